The van der Waals surface area contributed by atoms with Crippen LogP contribution < -0.4 is 10.6 Å². The van der Waals surface area contributed by atoms with Crippen LogP contribution in [0, 0.1) is 5.41 Å². The monoisotopic (exact) mass is 268 g/mol. The summed E-state index contributed by atoms with van der Waals surface area (Å²) in [7, 11) is 0. The number of unbranched alkanes of at least 4 members (excludes halogenated alkanes) is 2. The quantitative estimate of drug-likeness (QED) is 0.696. The molecule has 1 rings (SSSR count). The van der Waals surface area contributed by atoms with E-state index in [0.29, 0.717) is 11.5 Å². The summed E-state index contributed by atoms with van der Waals surface area (Å²) in [5, 5.41) is 6.57. The van der Waals surface area contributed by atoms with E-state index in [1.54, 1.807) is 0 Å². The van der Waals surface area contributed by atoms with Gasteiger partial charge in [-0.1, -0.05) is 46.5 Å². The number of amides is 1. The molecule has 0 aliphatic heterocycles. The minimum Gasteiger partial charge on any atom is -0.355 e. The zero-order chi connectivity index (χ0) is 14.3. The molecule has 2 N–H and O–H groups in total. The Bertz CT molecular complexity index is 276. The van der Waals surface area contributed by atoms with E-state index in [1.807, 2.05) is 6.92 Å². The van der Waals surface area contributed by atoms with Gasteiger partial charge in [0, 0.05) is 12.6 Å². The van der Waals surface area contributed by atoms with Crippen LogP contribution in [-0.2, 0) is 4.79 Å². The molecule has 0 spiro atoms. The van der Waals surface area contributed by atoms with Crippen LogP contribution in [0.2, 0.25) is 0 Å². The number of rotatable bonds is 7. The van der Waals surface area contributed by atoms with Crippen molar-refractivity contribution in [1.82, 2.24) is 10.6 Å². The minimum atomic E-state index is -0.0796. The van der Waals surface area contributed by atoms with Gasteiger partial charge in [-0.15, -0.1) is 0 Å². The first-order valence-electron chi connectivity index (χ1n) is 8.01. The molecule has 1 aliphatic carbocycles. The minimum absolute atomic E-state index is 0.0796. The number of hydrogen-bond acceptors (Lipinski definition) is 2. The molecule has 0 saturated heterocycles. The molecule has 0 heterocycles. The van der Waals surface area contributed by atoms with Gasteiger partial charge < -0.3 is 10.6 Å². The molecule has 0 aromatic carbocycles. The zero-order valence-corrected chi connectivity index (χ0v) is 13.2. The maximum Gasteiger partial charge on any atom is 0.236 e. The summed E-state index contributed by atoms with van der Waals surface area (Å²) in [4.78, 5) is 12.0. The van der Waals surface area contributed by atoms with Crippen molar-refractivity contribution in [2.45, 2.75) is 84.7 Å². The van der Waals surface area contributed by atoms with Crippen molar-refractivity contribution in [1.29, 1.82) is 0 Å². The Morgan fingerprint density at radius 1 is 1.32 bits per heavy atom. The van der Waals surface area contributed by atoms with Crippen LogP contribution in [-0.4, -0.2) is 24.5 Å². The van der Waals surface area contributed by atoms with Gasteiger partial charge in [-0.25, -0.2) is 0 Å². The Labute approximate surface area is 118 Å². The fourth-order valence-electron chi connectivity index (χ4n) is 2.92. The summed E-state index contributed by atoms with van der Waals surface area (Å²) < 4.78 is 0. The van der Waals surface area contributed by atoms with Gasteiger partial charge in [-0.2, -0.15) is 0 Å². The summed E-state index contributed by atoms with van der Waals surface area (Å²) in [6.07, 6.45) is 8.53. The van der Waals surface area contributed by atoms with Crippen molar-refractivity contribution in [3.8, 4) is 0 Å². The van der Waals surface area contributed by atoms with E-state index in [4.69, 9.17) is 0 Å². The molecular weight excluding hydrogens is 236 g/mol. The molecule has 3 heteroatoms. The average Bonchev–Trinajstić information content (AvgIpc) is 2.36. The predicted molar refractivity (Wildman–Crippen MR) is 81.2 cm³/mol. The van der Waals surface area contributed by atoms with E-state index in [-0.39, 0.29) is 11.9 Å². The van der Waals surface area contributed by atoms with Crippen molar-refractivity contribution < 1.29 is 4.79 Å². The second kappa shape index (κ2) is 7.88. The predicted octanol–water partition coefficient (Wildman–Crippen LogP) is 3.24. The summed E-state index contributed by atoms with van der Waals surface area (Å²) in [6, 6.07) is 0.390. The van der Waals surface area contributed by atoms with E-state index in [9.17, 15) is 4.79 Å². The van der Waals surface area contributed by atoms with E-state index < -0.39 is 0 Å². The number of nitrogens with one attached hydrogen (secondary N) is 2. The second-order valence-electron chi connectivity index (χ2n) is 6.67. The smallest absolute Gasteiger partial charge is 0.236 e. The normalized spacial score (nSPS) is 23.9. The molecule has 3 nitrogen and oxygen atoms in total. The van der Waals surface area contributed by atoms with Gasteiger partial charge in [0.05, 0.1) is 6.04 Å². The van der Waals surface area contributed by atoms with Crippen molar-refractivity contribution in [2.75, 3.05) is 6.54 Å². The number of hydrogen-bond donors (Lipinski definition) is 2. The van der Waals surface area contributed by atoms with Crippen molar-refractivity contribution in [3.05, 3.63) is 0 Å². The zero-order valence-electron chi connectivity index (χ0n) is 13.2. The standard InChI is InChI=1S/C16H32N2O/c1-5-6-9-12-17-15(19)13(2)18-14-10-7-8-11-16(14,3)4/h13-14,18H,5-12H2,1-4H3,(H,17,19). The highest BCUT2D eigenvalue weighted by molar-refractivity contribution is 5.81. The Morgan fingerprint density at radius 3 is 2.68 bits per heavy atom. The first kappa shape index (κ1) is 16.5. The maximum atomic E-state index is 12.0. The van der Waals surface area contributed by atoms with E-state index in [0.717, 1.165) is 13.0 Å². The van der Waals surface area contributed by atoms with Crippen LogP contribution in [0.15, 0.2) is 0 Å². The third kappa shape index (κ3) is 5.52. The lowest BCUT2D eigenvalue weighted by atomic mass is 9.73. The largest absolute Gasteiger partial charge is 0.355 e. The van der Waals surface area contributed by atoms with Crippen molar-refractivity contribution in [3.63, 3.8) is 0 Å². The first-order valence-corrected chi connectivity index (χ1v) is 8.01. The highest BCUT2D eigenvalue weighted by Gasteiger charge is 2.33. The molecule has 19 heavy (non-hydrogen) atoms. The summed E-state index contributed by atoms with van der Waals surface area (Å²) >= 11 is 0. The SMILES string of the molecule is CCCCCNC(=O)C(C)NC1CCCCC1(C)C. The van der Waals surface area contributed by atoms with E-state index in [2.05, 4.69) is 31.4 Å². The molecule has 1 amide bonds. The molecule has 1 aliphatic rings. The topological polar surface area (TPSA) is 41.1 Å². The molecular formula is C16H32N2O. The Hall–Kier alpha value is -0.570. The van der Waals surface area contributed by atoms with Crippen LogP contribution in [0.1, 0.15) is 72.6 Å². The molecule has 0 bridgehead atoms. The maximum absolute atomic E-state index is 12.0. The Balaban J connectivity index is 2.32. The van der Waals surface area contributed by atoms with Crippen molar-refractivity contribution in [2.24, 2.45) is 5.41 Å². The number of carbonyl (C=O) groups excluding carboxylic acids is 1. The molecule has 112 valence electrons. The summed E-state index contributed by atoms with van der Waals surface area (Å²) in [5.74, 6) is 0.150. The second-order valence-corrected chi connectivity index (χ2v) is 6.67. The van der Waals surface area contributed by atoms with E-state index in [1.165, 1.54) is 38.5 Å². The lowest BCUT2D eigenvalue weighted by Crippen LogP contribution is -2.52. The van der Waals surface area contributed by atoms with Crippen LogP contribution in [0.3, 0.4) is 0 Å². The third-order valence-electron chi connectivity index (χ3n) is 4.43. The molecule has 0 aromatic rings. The third-order valence-corrected chi connectivity index (χ3v) is 4.43. The van der Waals surface area contributed by atoms with Gasteiger partial charge in [-0.05, 0) is 31.6 Å². The summed E-state index contributed by atoms with van der Waals surface area (Å²) in [6.45, 7) is 9.61. The van der Waals surface area contributed by atoms with Gasteiger partial charge in [-0.3, -0.25) is 4.79 Å². The lowest BCUT2D eigenvalue weighted by molar-refractivity contribution is -0.123. The molecule has 0 radical (unpaired) electrons. The highest BCUT2D eigenvalue weighted by atomic mass is 16.2. The molecule has 1 fully saturated rings. The van der Waals surface area contributed by atoms with E-state index >= 15 is 0 Å². The number of carbonyl (C=O) groups is 1. The van der Waals surface area contributed by atoms with Gasteiger partial charge in [0.25, 0.3) is 0 Å². The van der Waals surface area contributed by atoms with Crippen LogP contribution in [0.25, 0.3) is 0 Å². The molecule has 0 aromatic heterocycles. The highest BCUT2D eigenvalue weighted by Crippen LogP contribution is 2.35. The fraction of sp³-hybridized carbons (Fsp3) is 0.938. The Kier molecular flexibility index (Phi) is 6.84. The van der Waals surface area contributed by atoms with Gasteiger partial charge in [0.15, 0.2) is 0 Å². The summed E-state index contributed by atoms with van der Waals surface area (Å²) in [5.41, 5.74) is 0.314. The molecule has 2 unspecified atom stereocenters. The van der Waals surface area contributed by atoms with Crippen LogP contribution >= 0.6 is 0 Å². The average molecular weight is 268 g/mol. The van der Waals surface area contributed by atoms with Gasteiger partial charge >= 0.3 is 0 Å². The van der Waals surface area contributed by atoms with Crippen LogP contribution in [0.4, 0.5) is 0 Å². The molecule has 1 saturated carbocycles. The fourth-order valence-corrected chi connectivity index (χ4v) is 2.92. The lowest BCUT2D eigenvalue weighted by Gasteiger charge is -2.40. The Morgan fingerprint density at radius 2 is 2.05 bits per heavy atom. The first-order chi connectivity index (χ1) is 8.97. The van der Waals surface area contributed by atoms with Gasteiger partial charge in [0.1, 0.15) is 0 Å². The van der Waals surface area contributed by atoms with Crippen LogP contribution in [0.5, 0.6) is 0 Å². The van der Waals surface area contributed by atoms with Crippen molar-refractivity contribution >= 4 is 5.91 Å². The van der Waals surface area contributed by atoms with Gasteiger partial charge in [0.2, 0.25) is 5.91 Å². The molecule has 2 atom stereocenters.